The number of carbonyl (C=O) groups excluding carboxylic acids is 2. The molecule has 1 aromatic carbocycles. The van der Waals surface area contributed by atoms with Crippen LogP contribution in [0.25, 0.3) is 0 Å². The molecule has 2 saturated heterocycles. The highest BCUT2D eigenvalue weighted by Gasteiger charge is 2.40. The minimum atomic E-state index is -0.183. The van der Waals surface area contributed by atoms with Crippen LogP contribution in [0.3, 0.4) is 0 Å². The number of carbonyl (C=O) groups is 2. The van der Waals surface area contributed by atoms with Gasteiger partial charge in [-0.3, -0.25) is 9.59 Å². The van der Waals surface area contributed by atoms with E-state index in [2.05, 4.69) is 5.32 Å². The molecule has 3 rings (SSSR count). The van der Waals surface area contributed by atoms with Crippen molar-refractivity contribution < 1.29 is 9.59 Å². The fraction of sp³-hybridized carbons (Fsp3) is 0.579. The van der Waals surface area contributed by atoms with Gasteiger partial charge in [0.2, 0.25) is 11.8 Å². The molecule has 0 aromatic heterocycles. The first-order valence-electron chi connectivity index (χ1n) is 8.88. The lowest BCUT2D eigenvalue weighted by atomic mass is 10.1. The van der Waals surface area contributed by atoms with Crippen molar-refractivity contribution in [3.8, 4) is 0 Å². The van der Waals surface area contributed by atoms with E-state index in [4.69, 9.17) is 0 Å². The van der Waals surface area contributed by atoms with Gasteiger partial charge in [-0.25, -0.2) is 0 Å². The Hall–Kier alpha value is -1.59. The first-order valence-corrected chi connectivity index (χ1v) is 8.88. The smallest absolute Gasteiger partial charge is 0.228 e. The lowest BCUT2D eigenvalue weighted by molar-refractivity contribution is -0.135. The van der Waals surface area contributed by atoms with E-state index in [1.165, 1.54) is 0 Å². The van der Waals surface area contributed by atoms with E-state index in [0.29, 0.717) is 18.9 Å². The summed E-state index contributed by atoms with van der Waals surface area (Å²) < 4.78 is 0. The van der Waals surface area contributed by atoms with Gasteiger partial charge in [0.1, 0.15) is 0 Å². The highest BCUT2D eigenvalue weighted by Crippen LogP contribution is 2.30. The number of hydrogen-bond acceptors (Lipinski definition) is 3. The van der Waals surface area contributed by atoms with E-state index in [1.807, 2.05) is 54.1 Å². The average Bonchev–Trinajstić information content (AvgIpc) is 3.22. The third-order valence-electron chi connectivity index (χ3n) is 5.35. The van der Waals surface area contributed by atoms with Crippen molar-refractivity contribution in [3.63, 3.8) is 0 Å². The summed E-state index contributed by atoms with van der Waals surface area (Å²) in [6, 6.07) is 10.0. The lowest BCUT2D eigenvalue weighted by Gasteiger charge is -2.26. The third kappa shape index (κ3) is 4.33. The zero-order valence-corrected chi connectivity index (χ0v) is 15.8. The summed E-state index contributed by atoms with van der Waals surface area (Å²) in [7, 11) is 1.95. The van der Waals surface area contributed by atoms with E-state index in [0.717, 1.165) is 31.6 Å². The number of amides is 2. The highest BCUT2D eigenvalue weighted by molar-refractivity contribution is 5.89. The number of rotatable bonds is 5. The van der Waals surface area contributed by atoms with Crippen molar-refractivity contribution in [1.82, 2.24) is 15.1 Å². The minimum Gasteiger partial charge on any atom is -0.342 e. The SMILES string of the molecule is CNCC1CCN(C(=O)C2CC(=O)N(C(C)c3ccccc3)C2)C1.Cl. The predicted molar refractivity (Wildman–Crippen MR) is 101 cm³/mol. The predicted octanol–water partition coefficient (Wildman–Crippen LogP) is 2.09. The molecule has 6 heteroatoms. The number of likely N-dealkylation sites (tertiary alicyclic amines) is 2. The number of hydrogen-bond donors (Lipinski definition) is 1. The molecule has 5 nitrogen and oxygen atoms in total. The normalized spacial score (nSPS) is 24.3. The lowest BCUT2D eigenvalue weighted by Crippen LogP contribution is -2.37. The maximum atomic E-state index is 12.8. The number of nitrogens with one attached hydrogen (secondary N) is 1. The average molecular weight is 366 g/mol. The van der Waals surface area contributed by atoms with Crippen LogP contribution in [-0.4, -0.2) is 54.8 Å². The van der Waals surface area contributed by atoms with Gasteiger partial charge in [0, 0.05) is 26.1 Å². The van der Waals surface area contributed by atoms with E-state index in [9.17, 15) is 9.59 Å². The van der Waals surface area contributed by atoms with Gasteiger partial charge < -0.3 is 15.1 Å². The highest BCUT2D eigenvalue weighted by atomic mass is 35.5. The number of nitrogens with zero attached hydrogens (tertiary/aromatic N) is 2. The van der Waals surface area contributed by atoms with Crippen molar-refractivity contribution >= 4 is 24.2 Å². The van der Waals surface area contributed by atoms with Gasteiger partial charge in [-0.15, -0.1) is 12.4 Å². The van der Waals surface area contributed by atoms with Crippen LogP contribution in [0.2, 0.25) is 0 Å². The summed E-state index contributed by atoms with van der Waals surface area (Å²) in [6.45, 7) is 5.17. The van der Waals surface area contributed by atoms with Crippen LogP contribution in [0.15, 0.2) is 30.3 Å². The molecule has 0 saturated carbocycles. The zero-order chi connectivity index (χ0) is 17.1. The summed E-state index contributed by atoms with van der Waals surface area (Å²) in [5.41, 5.74) is 1.12. The monoisotopic (exact) mass is 365 g/mol. The molecular weight excluding hydrogens is 338 g/mol. The van der Waals surface area contributed by atoms with E-state index >= 15 is 0 Å². The molecule has 138 valence electrons. The Morgan fingerprint density at radius 2 is 2.00 bits per heavy atom. The van der Waals surface area contributed by atoms with Crippen LogP contribution in [0.1, 0.15) is 31.4 Å². The Bertz CT molecular complexity index is 596. The zero-order valence-electron chi connectivity index (χ0n) is 15.0. The van der Waals surface area contributed by atoms with Crippen molar-refractivity contribution in [3.05, 3.63) is 35.9 Å². The first kappa shape index (κ1) is 19.7. The molecule has 1 aromatic rings. The molecule has 0 aliphatic carbocycles. The summed E-state index contributed by atoms with van der Waals surface area (Å²) in [5, 5.41) is 3.19. The molecule has 2 aliphatic rings. The molecule has 2 aliphatic heterocycles. The second kappa shape index (κ2) is 8.68. The van der Waals surface area contributed by atoms with E-state index in [-0.39, 0.29) is 36.2 Å². The number of benzene rings is 1. The molecule has 2 fully saturated rings. The maximum absolute atomic E-state index is 12.8. The Labute approximate surface area is 156 Å². The van der Waals surface area contributed by atoms with Gasteiger partial charge in [0.25, 0.3) is 0 Å². The molecule has 3 unspecified atom stereocenters. The maximum Gasteiger partial charge on any atom is 0.228 e. The summed E-state index contributed by atoms with van der Waals surface area (Å²) >= 11 is 0. The molecule has 2 heterocycles. The van der Waals surface area contributed by atoms with Gasteiger partial charge in [-0.2, -0.15) is 0 Å². The largest absolute Gasteiger partial charge is 0.342 e. The Kier molecular flexibility index (Phi) is 6.85. The van der Waals surface area contributed by atoms with Gasteiger partial charge in [0.05, 0.1) is 12.0 Å². The van der Waals surface area contributed by atoms with Crippen molar-refractivity contribution in [2.24, 2.45) is 11.8 Å². The molecule has 1 N–H and O–H groups in total. The fourth-order valence-corrected chi connectivity index (χ4v) is 3.93. The molecule has 3 atom stereocenters. The van der Waals surface area contributed by atoms with Crippen molar-refractivity contribution in [2.75, 3.05) is 33.2 Å². The Morgan fingerprint density at radius 3 is 2.68 bits per heavy atom. The van der Waals surface area contributed by atoms with Crippen LogP contribution in [-0.2, 0) is 9.59 Å². The van der Waals surface area contributed by atoms with Gasteiger partial charge in [-0.05, 0) is 38.4 Å². The summed E-state index contributed by atoms with van der Waals surface area (Å²) in [4.78, 5) is 29.0. The van der Waals surface area contributed by atoms with Crippen molar-refractivity contribution in [2.45, 2.75) is 25.8 Å². The van der Waals surface area contributed by atoms with E-state index in [1.54, 1.807) is 0 Å². The molecule has 0 radical (unpaired) electrons. The fourth-order valence-electron chi connectivity index (χ4n) is 3.93. The van der Waals surface area contributed by atoms with Gasteiger partial charge >= 0.3 is 0 Å². The van der Waals surface area contributed by atoms with E-state index < -0.39 is 0 Å². The molecule has 0 spiro atoms. The molecular formula is C19H28ClN3O2. The van der Waals surface area contributed by atoms with Crippen LogP contribution < -0.4 is 5.32 Å². The molecule has 2 amide bonds. The standard InChI is InChI=1S/C19H27N3O2.ClH/c1-14(16-6-4-3-5-7-16)22-13-17(10-18(22)23)19(24)21-9-8-15(12-21)11-20-2;/h3-7,14-15,17,20H,8-13H2,1-2H3;1H. The van der Waals surface area contributed by atoms with Crippen LogP contribution in [0.4, 0.5) is 0 Å². The van der Waals surface area contributed by atoms with Crippen LogP contribution in [0.5, 0.6) is 0 Å². The third-order valence-corrected chi connectivity index (χ3v) is 5.35. The second-order valence-electron chi connectivity index (χ2n) is 7.03. The quantitative estimate of drug-likeness (QED) is 0.869. The van der Waals surface area contributed by atoms with Crippen molar-refractivity contribution in [1.29, 1.82) is 0 Å². The Balaban J connectivity index is 0.00000225. The number of halogens is 1. The minimum absolute atomic E-state index is 0. The summed E-state index contributed by atoms with van der Waals surface area (Å²) in [5.74, 6) is 0.604. The second-order valence-corrected chi connectivity index (χ2v) is 7.03. The van der Waals surface area contributed by atoms with Gasteiger partial charge in [0.15, 0.2) is 0 Å². The summed E-state index contributed by atoms with van der Waals surface area (Å²) in [6.07, 6.45) is 1.40. The topological polar surface area (TPSA) is 52.7 Å². The van der Waals surface area contributed by atoms with Crippen LogP contribution in [0, 0.1) is 11.8 Å². The molecule has 25 heavy (non-hydrogen) atoms. The van der Waals surface area contributed by atoms with Gasteiger partial charge in [-0.1, -0.05) is 30.3 Å². The Morgan fingerprint density at radius 1 is 1.28 bits per heavy atom. The van der Waals surface area contributed by atoms with Crippen LogP contribution >= 0.6 is 12.4 Å². The first-order chi connectivity index (χ1) is 11.6. The molecule has 0 bridgehead atoms.